The van der Waals surface area contributed by atoms with Crippen LogP contribution in [0.5, 0.6) is 0 Å². The van der Waals surface area contributed by atoms with Crippen LogP contribution in [0.25, 0.3) is 0 Å². The molecule has 1 fully saturated rings. The highest BCUT2D eigenvalue weighted by atomic mass is 32.2. The molecule has 68 valence electrons. The van der Waals surface area contributed by atoms with E-state index in [0.717, 1.165) is 17.9 Å². The van der Waals surface area contributed by atoms with Gasteiger partial charge in [-0.3, -0.25) is 9.59 Å². The molecule has 4 N–H and O–H groups in total. The van der Waals surface area contributed by atoms with E-state index in [1.807, 2.05) is 0 Å². The van der Waals surface area contributed by atoms with Gasteiger partial charge in [-0.15, -0.1) is 0 Å². The smallest absolute Gasteiger partial charge is 0.230 e. The molecule has 1 rings (SSSR count). The van der Waals surface area contributed by atoms with Crippen LogP contribution in [0, 0.1) is 11.8 Å². The molecule has 1 heterocycles. The van der Waals surface area contributed by atoms with Gasteiger partial charge in [0.25, 0.3) is 0 Å². The van der Waals surface area contributed by atoms with Gasteiger partial charge in [-0.1, -0.05) is 0 Å². The summed E-state index contributed by atoms with van der Waals surface area (Å²) in [6, 6.07) is 0. The predicted molar refractivity (Wildman–Crippen MR) is 47.3 cm³/mol. The van der Waals surface area contributed by atoms with E-state index in [2.05, 4.69) is 0 Å². The second-order valence-electron chi connectivity index (χ2n) is 2.91. The van der Waals surface area contributed by atoms with Crippen molar-refractivity contribution in [2.45, 2.75) is 6.42 Å². The maximum Gasteiger partial charge on any atom is 0.230 e. The van der Waals surface area contributed by atoms with Crippen LogP contribution in [-0.2, 0) is 9.59 Å². The molecule has 0 aromatic rings. The summed E-state index contributed by atoms with van der Waals surface area (Å²) in [5, 5.41) is 0. The van der Waals surface area contributed by atoms with Crippen LogP contribution in [0.1, 0.15) is 6.42 Å². The average molecular weight is 188 g/mol. The average Bonchev–Trinajstić information content (AvgIpc) is 2.37. The molecule has 0 bridgehead atoms. The Morgan fingerprint density at radius 2 is 1.92 bits per heavy atom. The van der Waals surface area contributed by atoms with Crippen LogP contribution in [0.3, 0.4) is 0 Å². The molecule has 0 aromatic carbocycles. The molecule has 12 heavy (non-hydrogen) atoms. The van der Waals surface area contributed by atoms with Crippen molar-refractivity contribution in [2.24, 2.45) is 23.3 Å². The number of thioether (sulfide) groups is 1. The van der Waals surface area contributed by atoms with Crippen molar-refractivity contribution in [3.8, 4) is 0 Å². The standard InChI is InChI=1S/C7H12N2O2S/c8-6(10)5(7(9)11)4-1-2-12-3-4/h4-5H,1-3H2,(H2,8,10)(H2,9,11). The molecule has 1 unspecified atom stereocenters. The Labute approximate surface area is 75.0 Å². The number of rotatable bonds is 3. The number of carbonyl (C=O) groups is 2. The van der Waals surface area contributed by atoms with Gasteiger partial charge in [0.1, 0.15) is 5.92 Å². The van der Waals surface area contributed by atoms with Crippen molar-refractivity contribution in [1.29, 1.82) is 0 Å². The second kappa shape index (κ2) is 3.80. The zero-order valence-electron chi connectivity index (χ0n) is 6.66. The Balaban J connectivity index is 2.64. The molecule has 0 spiro atoms. The summed E-state index contributed by atoms with van der Waals surface area (Å²) in [5.74, 6) is -0.0758. The highest BCUT2D eigenvalue weighted by molar-refractivity contribution is 7.99. The molecule has 1 saturated heterocycles. The Hall–Kier alpha value is -0.710. The van der Waals surface area contributed by atoms with Crippen molar-refractivity contribution >= 4 is 23.6 Å². The van der Waals surface area contributed by atoms with Crippen molar-refractivity contribution in [3.63, 3.8) is 0 Å². The maximum absolute atomic E-state index is 10.8. The fraction of sp³-hybridized carbons (Fsp3) is 0.714. The lowest BCUT2D eigenvalue weighted by atomic mass is 9.91. The minimum absolute atomic E-state index is 0.0602. The number of hydrogen-bond acceptors (Lipinski definition) is 3. The first-order valence-corrected chi connectivity index (χ1v) is 4.94. The van der Waals surface area contributed by atoms with Crippen molar-refractivity contribution < 1.29 is 9.59 Å². The monoisotopic (exact) mass is 188 g/mol. The molecule has 1 atom stereocenters. The van der Waals surface area contributed by atoms with Gasteiger partial charge in [0.15, 0.2) is 0 Å². The highest BCUT2D eigenvalue weighted by Crippen LogP contribution is 2.29. The summed E-state index contributed by atoms with van der Waals surface area (Å²) < 4.78 is 0. The van der Waals surface area contributed by atoms with Crippen LogP contribution in [0.4, 0.5) is 0 Å². The fourth-order valence-electron chi connectivity index (χ4n) is 1.42. The van der Waals surface area contributed by atoms with Crippen molar-refractivity contribution in [1.82, 2.24) is 0 Å². The van der Waals surface area contributed by atoms with Gasteiger partial charge < -0.3 is 11.5 Å². The zero-order valence-corrected chi connectivity index (χ0v) is 7.47. The van der Waals surface area contributed by atoms with E-state index in [4.69, 9.17) is 11.5 Å². The molecule has 1 aliphatic rings. The molecular weight excluding hydrogens is 176 g/mol. The predicted octanol–water partition coefficient (Wildman–Crippen LogP) is -0.674. The van der Waals surface area contributed by atoms with Crippen molar-refractivity contribution in [3.05, 3.63) is 0 Å². The van der Waals surface area contributed by atoms with E-state index in [1.165, 1.54) is 0 Å². The zero-order chi connectivity index (χ0) is 9.14. The third kappa shape index (κ3) is 1.91. The van der Waals surface area contributed by atoms with Gasteiger partial charge in [-0.2, -0.15) is 11.8 Å². The molecule has 0 saturated carbocycles. The minimum Gasteiger partial charge on any atom is -0.369 e. The number of hydrogen-bond donors (Lipinski definition) is 2. The van der Waals surface area contributed by atoms with Gasteiger partial charge in [0.05, 0.1) is 0 Å². The minimum atomic E-state index is -0.764. The first kappa shape index (κ1) is 9.38. The van der Waals surface area contributed by atoms with E-state index in [-0.39, 0.29) is 5.92 Å². The second-order valence-corrected chi connectivity index (χ2v) is 4.06. The molecule has 0 aromatic heterocycles. The number of amides is 2. The normalized spacial score (nSPS) is 22.9. The van der Waals surface area contributed by atoms with Gasteiger partial charge >= 0.3 is 0 Å². The van der Waals surface area contributed by atoms with Gasteiger partial charge in [-0.25, -0.2) is 0 Å². The summed E-state index contributed by atoms with van der Waals surface area (Å²) >= 11 is 1.73. The highest BCUT2D eigenvalue weighted by Gasteiger charge is 2.33. The van der Waals surface area contributed by atoms with E-state index < -0.39 is 17.7 Å². The first-order chi connectivity index (χ1) is 5.63. The Morgan fingerprint density at radius 1 is 1.33 bits per heavy atom. The van der Waals surface area contributed by atoms with Gasteiger partial charge in [-0.05, 0) is 23.8 Å². The van der Waals surface area contributed by atoms with Crippen LogP contribution in [-0.4, -0.2) is 23.3 Å². The topological polar surface area (TPSA) is 86.2 Å². The summed E-state index contributed by atoms with van der Waals surface area (Å²) in [4.78, 5) is 21.7. The van der Waals surface area contributed by atoms with E-state index in [1.54, 1.807) is 11.8 Å². The molecule has 2 amide bonds. The first-order valence-electron chi connectivity index (χ1n) is 3.79. The van der Waals surface area contributed by atoms with Crippen LogP contribution < -0.4 is 11.5 Å². The van der Waals surface area contributed by atoms with E-state index in [9.17, 15) is 9.59 Å². The molecule has 5 heteroatoms. The Kier molecular flexibility index (Phi) is 2.97. The molecule has 4 nitrogen and oxygen atoms in total. The van der Waals surface area contributed by atoms with Gasteiger partial charge in [0, 0.05) is 0 Å². The maximum atomic E-state index is 10.8. The quantitative estimate of drug-likeness (QED) is 0.576. The summed E-state index contributed by atoms with van der Waals surface area (Å²) in [7, 11) is 0. The van der Waals surface area contributed by atoms with Gasteiger partial charge in [0.2, 0.25) is 11.8 Å². The molecular formula is C7H12N2O2S. The fourth-order valence-corrected chi connectivity index (χ4v) is 2.72. The SMILES string of the molecule is NC(=O)C(C(N)=O)C1CCSC1. The lowest BCUT2D eigenvalue weighted by Gasteiger charge is -2.15. The summed E-state index contributed by atoms with van der Waals surface area (Å²) in [6.07, 6.45) is 0.862. The summed E-state index contributed by atoms with van der Waals surface area (Å²) in [6.45, 7) is 0. The molecule has 1 aliphatic heterocycles. The Bertz CT molecular complexity index is 188. The van der Waals surface area contributed by atoms with E-state index in [0.29, 0.717) is 0 Å². The third-order valence-electron chi connectivity index (χ3n) is 2.05. The van der Waals surface area contributed by atoms with Crippen LogP contribution in [0.2, 0.25) is 0 Å². The number of primary amides is 2. The Morgan fingerprint density at radius 3 is 2.25 bits per heavy atom. The lowest BCUT2D eigenvalue weighted by Crippen LogP contribution is -2.40. The third-order valence-corrected chi connectivity index (χ3v) is 3.24. The number of carbonyl (C=O) groups excluding carboxylic acids is 2. The molecule has 0 aliphatic carbocycles. The van der Waals surface area contributed by atoms with Crippen LogP contribution in [0.15, 0.2) is 0 Å². The summed E-state index contributed by atoms with van der Waals surface area (Å²) in [5.41, 5.74) is 10.1. The van der Waals surface area contributed by atoms with Crippen molar-refractivity contribution in [2.75, 3.05) is 11.5 Å². The lowest BCUT2D eigenvalue weighted by molar-refractivity contribution is -0.133. The molecule has 0 radical (unpaired) electrons. The van der Waals surface area contributed by atoms with Crippen LogP contribution >= 0.6 is 11.8 Å². The number of nitrogens with two attached hydrogens (primary N) is 2. The largest absolute Gasteiger partial charge is 0.369 e. The van der Waals surface area contributed by atoms with E-state index >= 15 is 0 Å².